The SMILES string of the molecule is Cc1cc(N2CCN(C(=O)c3cc(C(C)C)n(C(C)(C)C)n3)CC2)nc(C(C)C)n1. The maximum Gasteiger partial charge on any atom is 0.274 e. The van der Waals surface area contributed by atoms with Gasteiger partial charge in [0.25, 0.3) is 5.91 Å². The molecule has 0 radical (unpaired) electrons. The van der Waals surface area contributed by atoms with Crippen molar-refractivity contribution in [2.24, 2.45) is 0 Å². The lowest BCUT2D eigenvalue weighted by Crippen LogP contribution is -2.49. The van der Waals surface area contributed by atoms with Crippen LogP contribution in [0.15, 0.2) is 12.1 Å². The zero-order valence-electron chi connectivity index (χ0n) is 19.7. The molecule has 1 amide bonds. The van der Waals surface area contributed by atoms with Crippen molar-refractivity contribution in [1.82, 2.24) is 24.6 Å². The van der Waals surface area contributed by atoms with Crippen LogP contribution in [-0.2, 0) is 5.54 Å². The van der Waals surface area contributed by atoms with Gasteiger partial charge in [-0.2, -0.15) is 5.10 Å². The summed E-state index contributed by atoms with van der Waals surface area (Å²) in [6.07, 6.45) is 0. The van der Waals surface area contributed by atoms with Crippen LogP contribution in [0.25, 0.3) is 0 Å². The Hall–Kier alpha value is -2.44. The minimum atomic E-state index is -0.157. The molecule has 30 heavy (non-hydrogen) atoms. The molecule has 1 aliphatic heterocycles. The third-order valence-electron chi connectivity index (χ3n) is 5.45. The highest BCUT2D eigenvalue weighted by Crippen LogP contribution is 2.25. The van der Waals surface area contributed by atoms with Crippen molar-refractivity contribution in [3.05, 3.63) is 35.0 Å². The largest absolute Gasteiger partial charge is 0.353 e. The van der Waals surface area contributed by atoms with Crippen LogP contribution in [0, 0.1) is 6.92 Å². The van der Waals surface area contributed by atoms with E-state index in [1.54, 1.807) is 0 Å². The predicted octanol–water partition coefficient (Wildman–Crippen LogP) is 3.95. The summed E-state index contributed by atoms with van der Waals surface area (Å²) >= 11 is 0. The fourth-order valence-electron chi connectivity index (χ4n) is 3.74. The van der Waals surface area contributed by atoms with Gasteiger partial charge < -0.3 is 9.80 Å². The Morgan fingerprint density at radius 2 is 1.60 bits per heavy atom. The van der Waals surface area contributed by atoms with E-state index in [9.17, 15) is 4.79 Å². The van der Waals surface area contributed by atoms with E-state index in [2.05, 4.69) is 63.4 Å². The van der Waals surface area contributed by atoms with E-state index in [0.29, 0.717) is 30.6 Å². The van der Waals surface area contributed by atoms with Gasteiger partial charge >= 0.3 is 0 Å². The van der Waals surface area contributed by atoms with Gasteiger partial charge in [-0.05, 0) is 39.7 Å². The highest BCUT2D eigenvalue weighted by Gasteiger charge is 2.28. The molecule has 0 atom stereocenters. The number of aromatic nitrogens is 4. The summed E-state index contributed by atoms with van der Waals surface area (Å²) in [7, 11) is 0. The number of aryl methyl sites for hydroxylation is 1. The van der Waals surface area contributed by atoms with Crippen LogP contribution in [0.5, 0.6) is 0 Å². The van der Waals surface area contributed by atoms with Gasteiger partial charge in [-0.15, -0.1) is 0 Å². The summed E-state index contributed by atoms with van der Waals surface area (Å²) in [5, 5.41) is 4.69. The second-order valence-electron chi connectivity index (χ2n) is 9.85. The Balaban J connectivity index is 1.73. The van der Waals surface area contributed by atoms with Crippen molar-refractivity contribution in [2.45, 2.75) is 72.8 Å². The molecule has 1 aliphatic rings. The summed E-state index contributed by atoms with van der Waals surface area (Å²) < 4.78 is 2.00. The first-order chi connectivity index (χ1) is 14.0. The molecule has 164 valence electrons. The van der Waals surface area contributed by atoms with Crippen LogP contribution < -0.4 is 4.90 Å². The van der Waals surface area contributed by atoms with E-state index in [-0.39, 0.29) is 11.4 Å². The average molecular weight is 413 g/mol. The Bertz CT molecular complexity index is 901. The zero-order chi connectivity index (χ0) is 22.2. The Labute approximate surface area is 180 Å². The quantitative estimate of drug-likeness (QED) is 0.761. The molecule has 2 aromatic heterocycles. The lowest BCUT2D eigenvalue weighted by atomic mass is 10.1. The van der Waals surface area contributed by atoms with Crippen molar-refractivity contribution in [3.8, 4) is 0 Å². The maximum absolute atomic E-state index is 13.2. The monoisotopic (exact) mass is 412 g/mol. The van der Waals surface area contributed by atoms with Gasteiger partial charge in [0.15, 0.2) is 5.69 Å². The molecule has 2 aromatic rings. The number of hydrogen-bond donors (Lipinski definition) is 0. The van der Waals surface area contributed by atoms with Crippen LogP contribution in [0.1, 0.15) is 88.0 Å². The van der Waals surface area contributed by atoms with E-state index in [4.69, 9.17) is 4.98 Å². The van der Waals surface area contributed by atoms with Gasteiger partial charge in [-0.25, -0.2) is 9.97 Å². The molecule has 0 bridgehead atoms. The molecule has 3 heterocycles. The molecule has 1 fully saturated rings. The average Bonchev–Trinajstić information content (AvgIpc) is 3.13. The second-order valence-corrected chi connectivity index (χ2v) is 9.85. The number of carbonyl (C=O) groups is 1. The van der Waals surface area contributed by atoms with Crippen LogP contribution >= 0.6 is 0 Å². The first-order valence-corrected chi connectivity index (χ1v) is 11.0. The van der Waals surface area contributed by atoms with E-state index < -0.39 is 0 Å². The molecule has 0 spiro atoms. The van der Waals surface area contributed by atoms with Gasteiger partial charge in [0.1, 0.15) is 11.6 Å². The summed E-state index contributed by atoms with van der Waals surface area (Å²) in [5.74, 6) is 2.45. The second kappa shape index (κ2) is 8.36. The van der Waals surface area contributed by atoms with Gasteiger partial charge in [0, 0.05) is 49.6 Å². The molecular formula is C23H36N6O. The van der Waals surface area contributed by atoms with Gasteiger partial charge in [0.05, 0.1) is 5.54 Å². The molecular weight excluding hydrogens is 376 g/mol. The number of amides is 1. The van der Waals surface area contributed by atoms with Crippen molar-refractivity contribution in [2.75, 3.05) is 31.1 Å². The molecule has 7 nitrogen and oxygen atoms in total. The fourth-order valence-corrected chi connectivity index (χ4v) is 3.74. The first kappa shape index (κ1) is 22.2. The minimum Gasteiger partial charge on any atom is -0.353 e. The summed E-state index contributed by atoms with van der Waals surface area (Å²) in [4.78, 5) is 26.6. The summed E-state index contributed by atoms with van der Waals surface area (Å²) in [6, 6.07) is 4.00. The van der Waals surface area contributed by atoms with Crippen LogP contribution in [0.3, 0.4) is 0 Å². The van der Waals surface area contributed by atoms with Crippen LogP contribution in [0.4, 0.5) is 5.82 Å². The van der Waals surface area contributed by atoms with Crippen LogP contribution in [0.2, 0.25) is 0 Å². The zero-order valence-corrected chi connectivity index (χ0v) is 19.7. The van der Waals surface area contributed by atoms with Gasteiger partial charge in [-0.1, -0.05) is 27.7 Å². The molecule has 3 rings (SSSR count). The van der Waals surface area contributed by atoms with E-state index >= 15 is 0 Å². The van der Waals surface area contributed by atoms with Crippen molar-refractivity contribution in [3.63, 3.8) is 0 Å². The lowest BCUT2D eigenvalue weighted by molar-refractivity contribution is 0.0738. The number of nitrogens with zero attached hydrogens (tertiary/aromatic N) is 6. The molecule has 0 aromatic carbocycles. The number of anilines is 1. The number of rotatable bonds is 4. The highest BCUT2D eigenvalue weighted by molar-refractivity contribution is 5.92. The van der Waals surface area contributed by atoms with Crippen LogP contribution in [-0.4, -0.2) is 56.7 Å². The normalized spacial score (nSPS) is 15.4. The van der Waals surface area contributed by atoms with Crippen molar-refractivity contribution < 1.29 is 4.79 Å². The molecule has 0 saturated carbocycles. The summed E-state index contributed by atoms with van der Waals surface area (Å²) in [6.45, 7) is 19.7. The van der Waals surface area contributed by atoms with E-state index in [1.165, 1.54) is 0 Å². The van der Waals surface area contributed by atoms with Gasteiger partial charge in [0.2, 0.25) is 0 Å². The van der Waals surface area contributed by atoms with E-state index in [0.717, 1.165) is 36.1 Å². The number of hydrogen-bond acceptors (Lipinski definition) is 5. The smallest absolute Gasteiger partial charge is 0.274 e. The van der Waals surface area contributed by atoms with E-state index in [1.807, 2.05) is 28.6 Å². The number of carbonyl (C=O) groups excluding carboxylic acids is 1. The molecule has 0 unspecified atom stereocenters. The Morgan fingerprint density at radius 1 is 0.967 bits per heavy atom. The van der Waals surface area contributed by atoms with Crippen molar-refractivity contribution >= 4 is 11.7 Å². The predicted molar refractivity (Wildman–Crippen MR) is 120 cm³/mol. The molecule has 0 N–H and O–H groups in total. The summed E-state index contributed by atoms with van der Waals surface area (Å²) in [5.41, 5.74) is 2.47. The molecule has 7 heteroatoms. The maximum atomic E-state index is 13.2. The highest BCUT2D eigenvalue weighted by atomic mass is 16.2. The topological polar surface area (TPSA) is 67.2 Å². The third kappa shape index (κ3) is 4.65. The van der Waals surface area contributed by atoms with Crippen molar-refractivity contribution in [1.29, 1.82) is 0 Å². The van der Waals surface area contributed by atoms with Gasteiger partial charge in [-0.3, -0.25) is 9.48 Å². The minimum absolute atomic E-state index is 0.0151. The Kier molecular flexibility index (Phi) is 6.20. The Morgan fingerprint density at radius 3 is 2.10 bits per heavy atom. The molecule has 1 saturated heterocycles. The molecule has 0 aliphatic carbocycles. The fraction of sp³-hybridized carbons (Fsp3) is 0.652. The standard InChI is InChI=1S/C23H36N6O/c1-15(2)19-14-18(26-29(19)23(6,7)8)22(30)28-11-9-27(10-12-28)20-13-17(5)24-21(25-20)16(3)4/h13-16H,9-12H2,1-8H3. The number of piperazine rings is 1. The third-order valence-corrected chi connectivity index (χ3v) is 5.45. The first-order valence-electron chi connectivity index (χ1n) is 11.0. The lowest BCUT2D eigenvalue weighted by Gasteiger charge is -2.35.